The van der Waals surface area contributed by atoms with Crippen molar-refractivity contribution in [1.82, 2.24) is 4.72 Å². The van der Waals surface area contributed by atoms with E-state index in [1.165, 1.54) is 29.2 Å². The number of hydrogen-bond acceptors (Lipinski definition) is 3. The van der Waals surface area contributed by atoms with Crippen LogP contribution in [0.15, 0.2) is 53.4 Å². The first-order chi connectivity index (χ1) is 11.4. The van der Waals surface area contributed by atoms with Gasteiger partial charge in [0.2, 0.25) is 15.9 Å². The molecule has 1 amide bonds. The molecule has 0 unspecified atom stereocenters. The number of rotatable bonds is 4. The number of halogens is 1. The van der Waals surface area contributed by atoms with Crippen LogP contribution in [-0.4, -0.2) is 26.9 Å². The summed E-state index contributed by atoms with van der Waals surface area (Å²) in [6, 6.07) is 11.5. The zero-order valence-corrected chi connectivity index (χ0v) is 13.9. The van der Waals surface area contributed by atoms with Crippen LogP contribution in [0.4, 0.5) is 10.1 Å². The maximum Gasteiger partial charge on any atom is 0.245 e. The zero-order chi connectivity index (χ0) is 17.3. The van der Waals surface area contributed by atoms with E-state index in [2.05, 4.69) is 4.72 Å². The van der Waals surface area contributed by atoms with Crippen molar-refractivity contribution >= 4 is 21.6 Å². The molecule has 5 nitrogen and oxygen atoms in total. The van der Waals surface area contributed by atoms with Crippen LogP contribution in [0.5, 0.6) is 0 Å². The van der Waals surface area contributed by atoms with Gasteiger partial charge in [0, 0.05) is 12.2 Å². The third-order valence-corrected chi connectivity index (χ3v) is 5.50. The Morgan fingerprint density at radius 2 is 1.88 bits per heavy atom. The van der Waals surface area contributed by atoms with Crippen molar-refractivity contribution in [2.45, 2.75) is 24.3 Å². The average Bonchev–Trinajstić information content (AvgIpc) is 2.91. The van der Waals surface area contributed by atoms with E-state index in [1.807, 2.05) is 0 Å². The monoisotopic (exact) mass is 348 g/mol. The molecule has 1 atom stereocenters. The fraction of sp³-hybridized carbons (Fsp3) is 0.235. The van der Waals surface area contributed by atoms with Gasteiger partial charge in [-0.05, 0) is 49.2 Å². The molecule has 0 aromatic heterocycles. The summed E-state index contributed by atoms with van der Waals surface area (Å²) in [6.07, 6.45) is 0.362. The van der Waals surface area contributed by atoms with E-state index < -0.39 is 16.1 Å². The predicted molar refractivity (Wildman–Crippen MR) is 88.7 cm³/mol. The van der Waals surface area contributed by atoms with Crippen LogP contribution in [0.3, 0.4) is 0 Å². The quantitative estimate of drug-likeness (QED) is 0.921. The first kappa shape index (κ1) is 16.6. The minimum absolute atomic E-state index is 0.119. The summed E-state index contributed by atoms with van der Waals surface area (Å²) in [7, 11) is -3.75. The third kappa shape index (κ3) is 3.18. The van der Waals surface area contributed by atoms with E-state index in [4.69, 9.17) is 0 Å². The normalized spacial score (nSPS) is 18.2. The van der Waals surface area contributed by atoms with Crippen molar-refractivity contribution in [3.05, 3.63) is 59.9 Å². The predicted octanol–water partition coefficient (Wildman–Crippen LogP) is 2.22. The van der Waals surface area contributed by atoms with Gasteiger partial charge < -0.3 is 4.90 Å². The van der Waals surface area contributed by atoms with Gasteiger partial charge in [-0.2, -0.15) is 4.72 Å². The second-order valence-corrected chi connectivity index (χ2v) is 7.41. The molecular weight excluding hydrogens is 331 g/mol. The molecule has 2 aromatic rings. The Morgan fingerprint density at radius 1 is 1.17 bits per heavy atom. The van der Waals surface area contributed by atoms with Crippen LogP contribution in [0, 0.1) is 12.7 Å². The van der Waals surface area contributed by atoms with Crippen LogP contribution in [0.1, 0.15) is 12.0 Å². The minimum atomic E-state index is -3.75. The van der Waals surface area contributed by atoms with Gasteiger partial charge in [0.15, 0.2) is 0 Å². The van der Waals surface area contributed by atoms with Crippen LogP contribution in [-0.2, 0) is 14.8 Å². The second kappa shape index (κ2) is 6.33. The van der Waals surface area contributed by atoms with Gasteiger partial charge in [0.25, 0.3) is 0 Å². The van der Waals surface area contributed by atoms with Crippen molar-refractivity contribution in [2.75, 3.05) is 11.4 Å². The van der Waals surface area contributed by atoms with Crippen molar-refractivity contribution in [1.29, 1.82) is 0 Å². The first-order valence-corrected chi connectivity index (χ1v) is 9.02. The van der Waals surface area contributed by atoms with E-state index in [1.54, 1.807) is 31.2 Å². The molecule has 1 saturated heterocycles. The van der Waals surface area contributed by atoms with Crippen molar-refractivity contribution in [3.63, 3.8) is 0 Å². The summed E-state index contributed by atoms with van der Waals surface area (Å²) in [5, 5.41) is 0. The highest BCUT2D eigenvalue weighted by Crippen LogP contribution is 2.24. The van der Waals surface area contributed by atoms with E-state index in [0.29, 0.717) is 24.2 Å². The summed E-state index contributed by atoms with van der Waals surface area (Å²) in [6.45, 7) is 2.00. The number of anilines is 1. The Labute approximate surface area is 140 Å². The number of hydrogen-bond donors (Lipinski definition) is 1. The number of aryl methyl sites for hydroxylation is 1. The van der Waals surface area contributed by atoms with Crippen molar-refractivity contribution in [3.8, 4) is 0 Å². The Kier molecular flexibility index (Phi) is 4.38. The SMILES string of the molecule is Cc1cc(N2CC[C@H](NS(=O)(=O)c3ccccc3)C2=O)ccc1F. The van der Waals surface area contributed by atoms with Gasteiger partial charge in [-0.1, -0.05) is 18.2 Å². The van der Waals surface area contributed by atoms with Gasteiger partial charge in [-0.3, -0.25) is 4.79 Å². The highest BCUT2D eigenvalue weighted by Gasteiger charge is 2.35. The molecule has 0 radical (unpaired) electrons. The molecule has 1 aliphatic rings. The lowest BCUT2D eigenvalue weighted by atomic mass is 10.2. The summed E-state index contributed by atoms with van der Waals surface area (Å²) < 4.78 is 40.5. The molecule has 126 valence electrons. The third-order valence-electron chi connectivity index (χ3n) is 4.01. The van der Waals surface area contributed by atoms with Crippen LogP contribution >= 0.6 is 0 Å². The summed E-state index contributed by atoms with van der Waals surface area (Å²) in [4.78, 5) is 14.1. The number of benzene rings is 2. The molecule has 1 aliphatic heterocycles. The summed E-state index contributed by atoms with van der Waals surface area (Å²) in [5.74, 6) is -0.674. The zero-order valence-electron chi connectivity index (χ0n) is 13.1. The summed E-state index contributed by atoms with van der Waals surface area (Å²) >= 11 is 0. The molecule has 0 aliphatic carbocycles. The van der Waals surface area contributed by atoms with Crippen molar-refractivity contribution < 1.29 is 17.6 Å². The second-order valence-electron chi connectivity index (χ2n) is 5.70. The number of amides is 1. The van der Waals surface area contributed by atoms with Crippen LogP contribution in [0.2, 0.25) is 0 Å². The number of sulfonamides is 1. The number of carbonyl (C=O) groups excluding carboxylic acids is 1. The van der Waals surface area contributed by atoms with Gasteiger partial charge in [0.05, 0.1) is 4.90 Å². The molecule has 24 heavy (non-hydrogen) atoms. The van der Waals surface area contributed by atoms with Gasteiger partial charge in [0.1, 0.15) is 11.9 Å². The fourth-order valence-corrected chi connectivity index (χ4v) is 3.94. The molecule has 0 saturated carbocycles. The smallest absolute Gasteiger partial charge is 0.245 e. The number of nitrogens with one attached hydrogen (secondary N) is 1. The average molecular weight is 348 g/mol. The molecular formula is C17H17FN2O3S. The lowest BCUT2D eigenvalue weighted by molar-refractivity contribution is -0.118. The van der Waals surface area contributed by atoms with E-state index in [-0.39, 0.29) is 16.6 Å². The number of carbonyl (C=O) groups is 1. The standard InChI is InChI=1S/C17H17FN2O3S/c1-12-11-13(7-8-15(12)18)20-10-9-16(17(20)21)19-24(22,23)14-5-3-2-4-6-14/h2-8,11,16,19H,9-10H2,1H3/t16-/m0/s1. The topological polar surface area (TPSA) is 66.5 Å². The van der Waals surface area contributed by atoms with Crippen molar-refractivity contribution in [2.24, 2.45) is 0 Å². The molecule has 0 spiro atoms. The van der Waals surface area contributed by atoms with Gasteiger partial charge >= 0.3 is 0 Å². The van der Waals surface area contributed by atoms with Crippen LogP contribution < -0.4 is 9.62 Å². The molecule has 3 rings (SSSR count). The minimum Gasteiger partial charge on any atom is -0.311 e. The van der Waals surface area contributed by atoms with E-state index in [9.17, 15) is 17.6 Å². The fourth-order valence-electron chi connectivity index (χ4n) is 2.70. The van der Waals surface area contributed by atoms with E-state index in [0.717, 1.165) is 0 Å². The molecule has 1 fully saturated rings. The number of nitrogens with zero attached hydrogens (tertiary/aromatic N) is 1. The molecule has 1 N–H and O–H groups in total. The molecule has 1 heterocycles. The Balaban J connectivity index is 1.78. The highest BCUT2D eigenvalue weighted by atomic mass is 32.2. The Hall–Kier alpha value is -2.25. The largest absolute Gasteiger partial charge is 0.311 e. The Bertz CT molecular complexity index is 869. The lowest BCUT2D eigenvalue weighted by Gasteiger charge is -2.18. The maximum absolute atomic E-state index is 13.4. The molecule has 2 aromatic carbocycles. The summed E-state index contributed by atoms with van der Waals surface area (Å²) in [5.41, 5.74) is 1.01. The van der Waals surface area contributed by atoms with Gasteiger partial charge in [-0.25, -0.2) is 12.8 Å². The van der Waals surface area contributed by atoms with Gasteiger partial charge in [-0.15, -0.1) is 0 Å². The Morgan fingerprint density at radius 3 is 2.54 bits per heavy atom. The van der Waals surface area contributed by atoms with E-state index >= 15 is 0 Å². The first-order valence-electron chi connectivity index (χ1n) is 7.53. The molecule has 0 bridgehead atoms. The van der Waals surface area contributed by atoms with Crippen LogP contribution in [0.25, 0.3) is 0 Å². The maximum atomic E-state index is 13.4. The highest BCUT2D eigenvalue weighted by molar-refractivity contribution is 7.89. The molecule has 7 heteroatoms. The lowest BCUT2D eigenvalue weighted by Crippen LogP contribution is -2.41.